The van der Waals surface area contributed by atoms with Crippen molar-refractivity contribution >= 4 is 11.6 Å². The predicted octanol–water partition coefficient (Wildman–Crippen LogP) is 2.54. The maximum Gasteiger partial charge on any atom is 0.224 e. The van der Waals surface area contributed by atoms with E-state index in [1.807, 2.05) is 6.92 Å². The molecular formula is C14H21FN2O2. The Balaban J connectivity index is 2.62. The van der Waals surface area contributed by atoms with Crippen molar-refractivity contribution in [3.8, 4) is 5.75 Å². The fourth-order valence-corrected chi connectivity index (χ4v) is 1.58. The van der Waals surface area contributed by atoms with E-state index in [1.165, 1.54) is 18.2 Å². The Morgan fingerprint density at radius 1 is 1.53 bits per heavy atom. The molecule has 0 heterocycles. The molecule has 0 aliphatic rings. The second kappa shape index (κ2) is 7.74. The van der Waals surface area contributed by atoms with Gasteiger partial charge in [0.25, 0.3) is 0 Å². The van der Waals surface area contributed by atoms with Crippen molar-refractivity contribution in [1.29, 1.82) is 0 Å². The number of carbonyl (C=O) groups is 1. The molecule has 0 aliphatic carbocycles. The molecule has 0 saturated carbocycles. The Kier molecular flexibility index (Phi) is 6.29. The zero-order chi connectivity index (χ0) is 14.3. The number of nitrogens with two attached hydrogens (primary N) is 1. The molecule has 0 saturated heterocycles. The zero-order valence-corrected chi connectivity index (χ0v) is 11.4. The monoisotopic (exact) mass is 268 g/mol. The smallest absolute Gasteiger partial charge is 0.224 e. The first-order chi connectivity index (χ1) is 9.06. The highest BCUT2D eigenvalue weighted by Gasteiger charge is 2.10. The number of hydrogen-bond donors (Lipinski definition) is 2. The van der Waals surface area contributed by atoms with Crippen molar-refractivity contribution in [3.63, 3.8) is 0 Å². The van der Waals surface area contributed by atoms with Gasteiger partial charge in [-0.3, -0.25) is 4.79 Å². The molecule has 1 atom stereocenters. The summed E-state index contributed by atoms with van der Waals surface area (Å²) in [6.45, 7) is 4.78. The highest BCUT2D eigenvalue weighted by atomic mass is 19.1. The lowest BCUT2D eigenvalue weighted by molar-refractivity contribution is -0.116. The molecule has 5 heteroatoms. The first-order valence-corrected chi connectivity index (χ1v) is 6.49. The van der Waals surface area contributed by atoms with Crippen LogP contribution in [0.25, 0.3) is 0 Å². The Labute approximate surface area is 113 Å². The lowest BCUT2D eigenvalue weighted by Crippen LogP contribution is -2.16. The van der Waals surface area contributed by atoms with E-state index in [-0.39, 0.29) is 5.91 Å². The summed E-state index contributed by atoms with van der Waals surface area (Å²) in [5.74, 6) is 0.152. The van der Waals surface area contributed by atoms with Crippen LogP contribution in [0.5, 0.6) is 5.75 Å². The van der Waals surface area contributed by atoms with Crippen molar-refractivity contribution in [2.24, 2.45) is 11.7 Å². The minimum Gasteiger partial charge on any atom is -0.492 e. The molecule has 0 fully saturated rings. The number of amides is 1. The van der Waals surface area contributed by atoms with E-state index in [1.54, 1.807) is 6.92 Å². The number of halogens is 1. The molecule has 1 unspecified atom stereocenters. The summed E-state index contributed by atoms with van der Waals surface area (Å²) in [6.07, 6.45) is 1.12. The van der Waals surface area contributed by atoms with Gasteiger partial charge in [0.05, 0.1) is 12.3 Å². The number of hydrogen-bond acceptors (Lipinski definition) is 3. The van der Waals surface area contributed by atoms with Gasteiger partial charge in [-0.1, -0.05) is 6.92 Å². The highest BCUT2D eigenvalue weighted by Crippen LogP contribution is 2.25. The SMILES string of the molecule is CCOc1cc(F)ccc1NC(=O)CCC(C)CN. The molecule has 3 N–H and O–H groups in total. The van der Waals surface area contributed by atoms with Gasteiger partial charge >= 0.3 is 0 Å². The molecule has 1 aromatic rings. The van der Waals surface area contributed by atoms with Gasteiger partial charge in [-0.15, -0.1) is 0 Å². The number of benzene rings is 1. The van der Waals surface area contributed by atoms with Crippen LogP contribution in [0.3, 0.4) is 0 Å². The molecule has 1 amide bonds. The lowest BCUT2D eigenvalue weighted by Gasteiger charge is -2.12. The van der Waals surface area contributed by atoms with E-state index in [2.05, 4.69) is 5.32 Å². The fourth-order valence-electron chi connectivity index (χ4n) is 1.58. The van der Waals surface area contributed by atoms with Crippen LogP contribution >= 0.6 is 0 Å². The molecular weight excluding hydrogens is 247 g/mol. The lowest BCUT2D eigenvalue weighted by atomic mass is 10.1. The van der Waals surface area contributed by atoms with Crippen molar-refractivity contribution in [3.05, 3.63) is 24.0 Å². The van der Waals surface area contributed by atoms with E-state index in [0.29, 0.717) is 36.9 Å². The van der Waals surface area contributed by atoms with Gasteiger partial charge in [-0.2, -0.15) is 0 Å². The van der Waals surface area contributed by atoms with E-state index in [9.17, 15) is 9.18 Å². The second-order valence-electron chi connectivity index (χ2n) is 4.50. The first-order valence-electron chi connectivity index (χ1n) is 6.49. The molecule has 0 radical (unpaired) electrons. The summed E-state index contributed by atoms with van der Waals surface area (Å²) in [4.78, 5) is 11.8. The normalized spacial score (nSPS) is 12.0. The Bertz CT molecular complexity index is 424. The van der Waals surface area contributed by atoms with E-state index in [4.69, 9.17) is 10.5 Å². The van der Waals surface area contributed by atoms with Crippen LogP contribution in [0.1, 0.15) is 26.7 Å². The Morgan fingerprint density at radius 2 is 2.26 bits per heavy atom. The largest absolute Gasteiger partial charge is 0.492 e. The van der Waals surface area contributed by atoms with Gasteiger partial charge in [0, 0.05) is 12.5 Å². The third-order valence-corrected chi connectivity index (χ3v) is 2.78. The molecule has 0 aliphatic heterocycles. The average Bonchev–Trinajstić information content (AvgIpc) is 2.39. The van der Waals surface area contributed by atoms with E-state index >= 15 is 0 Å². The Hall–Kier alpha value is -1.62. The number of carbonyl (C=O) groups excluding carboxylic acids is 1. The standard InChI is InChI=1S/C14H21FN2O2/c1-3-19-13-8-11(15)5-6-12(13)17-14(18)7-4-10(2)9-16/h5-6,8,10H,3-4,7,9,16H2,1-2H3,(H,17,18). The third kappa shape index (κ3) is 5.26. The molecule has 1 aromatic carbocycles. The molecule has 1 rings (SSSR count). The maximum atomic E-state index is 13.1. The number of rotatable bonds is 7. The maximum absolute atomic E-state index is 13.1. The first kappa shape index (κ1) is 15.4. The van der Waals surface area contributed by atoms with Crippen LogP contribution in [-0.4, -0.2) is 19.1 Å². The third-order valence-electron chi connectivity index (χ3n) is 2.78. The van der Waals surface area contributed by atoms with Crippen LogP contribution in [-0.2, 0) is 4.79 Å². The van der Waals surface area contributed by atoms with E-state index in [0.717, 1.165) is 6.42 Å². The van der Waals surface area contributed by atoms with E-state index < -0.39 is 5.82 Å². The zero-order valence-electron chi connectivity index (χ0n) is 11.4. The van der Waals surface area contributed by atoms with Crippen molar-refractivity contribution in [2.75, 3.05) is 18.5 Å². The van der Waals surface area contributed by atoms with Crippen molar-refractivity contribution in [1.82, 2.24) is 0 Å². The summed E-state index contributed by atoms with van der Waals surface area (Å²) < 4.78 is 18.4. The topological polar surface area (TPSA) is 64.3 Å². The summed E-state index contributed by atoms with van der Waals surface area (Å²) in [6, 6.07) is 4.06. The molecule has 19 heavy (non-hydrogen) atoms. The highest BCUT2D eigenvalue weighted by molar-refractivity contribution is 5.92. The van der Waals surface area contributed by atoms with Crippen LogP contribution in [0.15, 0.2) is 18.2 Å². The minimum absolute atomic E-state index is 0.118. The summed E-state index contributed by atoms with van der Waals surface area (Å²) in [7, 11) is 0. The summed E-state index contributed by atoms with van der Waals surface area (Å²) in [5, 5.41) is 2.73. The molecule has 4 nitrogen and oxygen atoms in total. The van der Waals surface area contributed by atoms with Gasteiger partial charge in [-0.05, 0) is 37.9 Å². The quantitative estimate of drug-likeness (QED) is 0.798. The fraction of sp³-hybridized carbons (Fsp3) is 0.500. The van der Waals surface area contributed by atoms with Crippen LogP contribution in [0, 0.1) is 11.7 Å². The van der Waals surface area contributed by atoms with Gasteiger partial charge in [0.1, 0.15) is 11.6 Å². The number of ether oxygens (including phenoxy) is 1. The van der Waals surface area contributed by atoms with Gasteiger partial charge in [-0.25, -0.2) is 4.39 Å². The van der Waals surface area contributed by atoms with Crippen LogP contribution < -0.4 is 15.8 Å². The van der Waals surface area contributed by atoms with Gasteiger partial charge < -0.3 is 15.8 Å². The second-order valence-corrected chi connectivity index (χ2v) is 4.50. The van der Waals surface area contributed by atoms with Crippen molar-refractivity contribution < 1.29 is 13.9 Å². The van der Waals surface area contributed by atoms with Crippen molar-refractivity contribution in [2.45, 2.75) is 26.7 Å². The van der Waals surface area contributed by atoms with Gasteiger partial charge in [0.2, 0.25) is 5.91 Å². The molecule has 106 valence electrons. The average molecular weight is 268 g/mol. The summed E-state index contributed by atoms with van der Waals surface area (Å²) >= 11 is 0. The summed E-state index contributed by atoms with van der Waals surface area (Å²) in [5.41, 5.74) is 5.99. The van der Waals surface area contributed by atoms with Gasteiger partial charge in [0.15, 0.2) is 0 Å². The molecule has 0 spiro atoms. The molecule has 0 aromatic heterocycles. The number of nitrogens with one attached hydrogen (secondary N) is 1. The van der Waals surface area contributed by atoms with Crippen LogP contribution in [0.2, 0.25) is 0 Å². The predicted molar refractivity (Wildman–Crippen MR) is 73.7 cm³/mol. The molecule has 0 bridgehead atoms. The number of anilines is 1. The Morgan fingerprint density at radius 3 is 2.89 bits per heavy atom. The minimum atomic E-state index is -0.391. The van der Waals surface area contributed by atoms with Crippen LogP contribution in [0.4, 0.5) is 10.1 Å².